The molecule has 1 saturated carbocycles. The lowest BCUT2D eigenvalue weighted by atomic mass is 10.1. The number of rotatable bonds is 5. The largest absolute Gasteiger partial charge is 0.353 e. The molecule has 0 spiro atoms. The van der Waals surface area contributed by atoms with Gasteiger partial charge in [-0.3, -0.25) is 0 Å². The number of nitrogens with one attached hydrogen (secondary N) is 2. The molecule has 2 N–H and O–H groups in total. The summed E-state index contributed by atoms with van der Waals surface area (Å²) >= 11 is 0. The molecule has 1 aliphatic carbocycles. The van der Waals surface area contributed by atoms with E-state index in [1.54, 1.807) is 12.3 Å². The quantitative estimate of drug-likeness (QED) is 0.625. The molecule has 102 valence electrons. The Morgan fingerprint density at radius 1 is 1.21 bits per heavy atom. The van der Waals surface area contributed by atoms with Crippen LogP contribution in [0.5, 0.6) is 0 Å². The lowest BCUT2D eigenvalue weighted by molar-refractivity contribution is 0.468. The second kappa shape index (κ2) is 7.70. The number of nitriles is 1. The predicted octanol–water partition coefficient (Wildman–Crippen LogP) is 2.07. The van der Waals surface area contributed by atoms with Crippen LogP contribution in [-0.2, 0) is 0 Å². The van der Waals surface area contributed by atoms with Gasteiger partial charge in [-0.2, -0.15) is 5.26 Å². The van der Waals surface area contributed by atoms with E-state index in [1.165, 1.54) is 38.5 Å². The average molecular weight is 259 g/mol. The van der Waals surface area contributed by atoms with E-state index in [2.05, 4.69) is 20.6 Å². The smallest absolute Gasteiger partial charge is 0.223 e. The van der Waals surface area contributed by atoms with Crippen molar-refractivity contribution in [3.8, 4) is 6.07 Å². The van der Waals surface area contributed by atoms with Gasteiger partial charge in [-0.25, -0.2) is 9.97 Å². The minimum atomic E-state index is 0.397. The highest BCUT2D eigenvalue weighted by Crippen LogP contribution is 2.16. The van der Waals surface area contributed by atoms with Crippen LogP contribution in [0.15, 0.2) is 12.3 Å². The van der Waals surface area contributed by atoms with E-state index in [-0.39, 0.29) is 0 Å². The van der Waals surface area contributed by atoms with Gasteiger partial charge in [0.2, 0.25) is 5.95 Å². The van der Waals surface area contributed by atoms with Gasteiger partial charge in [-0.05, 0) is 18.9 Å². The van der Waals surface area contributed by atoms with Crippen molar-refractivity contribution in [2.45, 2.75) is 44.6 Å². The molecule has 0 amide bonds. The van der Waals surface area contributed by atoms with Crippen LogP contribution in [0.3, 0.4) is 0 Å². The second-order valence-electron chi connectivity index (χ2n) is 4.95. The summed E-state index contributed by atoms with van der Waals surface area (Å²) < 4.78 is 0. The molecule has 19 heavy (non-hydrogen) atoms. The van der Waals surface area contributed by atoms with E-state index < -0.39 is 0 Å². The summed E-state index contributed by atoms with van der Waals surface area (Å²) in [5.41, 5.74) is 0.397. The first-order valence-electron chi connectivity index (χ1n) is 7.09. The zero-order valence-electron chi connectivity index (χ0n) is 11.2. The maximum atomic E-state index is 8.75. The first-order valence-corrected chi connectivity index (χ1v) is 7.09. The van der Waals surface area contributed by atoms with Crippen molar-refractivity contribution in [1.82, 2.24) is 15.3 Å². The number of anilines is 1. The maximum absolute atomic E-state index is 8.75. The van der Waals surface area contributed by atoms with Crippen LogP contribution >= 0.6 is 0 Å². The van der Waals surface area contributed by atoms with E-state index in [9.17, 15) is 0 Å². The zero-order valence-corrected chi connectivity index (χ0v) is 11.2. The molecular formula is C14H21N5. The zero-order chi connectivity index (χ0) is 13.3. The van der Waals surface area contributed by atoms with Crippen molar-refractivity contribution < 1.29 is 0 Å². The predicted molar refractivity (Wildman–Crippen MR) is 74.7 cm³/mol. The molecule has 0 saturated heterocycles. The summed E-state index contributed by atoms with van der Waals surface area (Å²) in [6.07, 6.45) is 9.64. The number of hydrogen-bond acceptors (Lipinski definition) is 5. The molecule has 0 radical (unpaired) electrons. The molecule has 1 aliphatic rings. The second-order valence-corrected chi connectivity index (χ2v) is 4.95. The molecule has 0 atom stereocenters. The van der Waals surface area contributed by atoms with E-state index in [0.717, 1.165) is 13.1 Å². The highest BCUT2D eigenvalue weighted by atomic mass is 15.1. The van der Waals surface area contributed by atoms with Crippen LogP contribution in [-0.4, -0.2) is 29.1 Å². The highest BCUT2D eigenvalue weighted by Gasteiger charge is 2.10. The summed E-state index contributed by atoms with van der Waals surface area (Å²) in [6, 6.07) is 4.28. The third-order valence-electron chi connectivity index (χ3n) is 3.47. The Labute approximate surface area is 114 Å². The Morgan fingerprint density at radius 2 is 2.00 bits per heavy atom. The van der Waals surface area contributed by atoms with Gasteiger partial charge in [0, 0.05) is 25.3 Å². The molecular weight excluding hydrogens is 238 g/mol. The standard InChI is InChI=1S/C14H21N5/c15-11-13-7-8-17-14(19-13)18-10-9-16-12-5-3-1-2-4-6-12/h7-8,12,16H,1-6,9-10H2,(H,17,18,19). The van der Waals surface area contributed by atoms with Gasteiger partial charge in [0.25, 0.3) is 0 Å². The molecule has 0 unspecified atom stereocenters. The Kier molecular flexibility index (Phi) is 5.57. The average Bonchev–Trinajstić information content (AvgIpc) is 2.72. The van der Waals surface area contributed by atoms with E-state index in [4.69, 9.17) is 5.26 Å². The fourth-order valence-corrected chi connectivity index (χ4v) is 2.44. The molecule has 1 fully saturated rings. The van der Waals surface area contributed by atoms with Crippen molar-refractivity contribution >= 4 is 5.95 Å². The van der Waals surface area contributed by atoms with Gasteiger partial charge in [0.05, 0.1) is 0 Å². The fraction of sp³-hybridized carbons (Fsp3) is 0.643. The fourth-order valence-electron chi connectivity index (χ4n) is 2.44. The van der Waals surface area contributed by atoms with Crippen LogP contribution in [0.4, 0.5) is 5.95 Å². The number of nitrogens with zero attached hydrogens (tertiary/aromatic N) is 3. The molecule has 2 rings (SSSR count). The van der Waals surface area contributed by atoms with Gasteiger partial charge in [0.15, 0.2) is 0 Å². The van der Waals surface area contributed by atoms with Crippen LogP contribution in [0, 0.1) is 11.3 Å². The number of aromatic nitrogens is 2. The topological polar surface area (TPSA) is 73.6 Å². The minimum absolute atomic E-state index is 0.397. The Hall–Kier alpha value is -1.67. The van der Waals surface area contributed by atoms with Crippen LogP contribution in [0.25, 0.3) is 0 Å². The summed E-state index contributed by atoms with van der Waals surface area (Å²) in [4.78, 5) is 8.17. The van der Waals surface area contributed by atoms with Gasteiger partial charge in [0.1, 0.15) is 11.8 Å². The summed E-state index contributed by atoms with van der Waals surface area (Å²) in [7, 11) is 0. The van der Waals surface area contributed by atoms with Gasteiger partial charge in [-0.1, -0.05) is 25.7 Å². The summed E-state index contributed by atoms with van der Waals surface area (Å²) in [5, 5.41) is 15.5. The molecule has 1 aromatic heterocycles. The third kappa shape index (κ3) is 4.84. The monoisotopic (exact) mass is 259 g/mol. The lowest BCUT2D eigenvalue weighted by Gasteiger charge is -2.16. The van der Waals surface area contributed by atoms with E-state index >= 15 is 0 Å². The SMILES string of the molecule is N#Cc1ccnc(NCCNC2CCCCCC2)n1. The van der Waals surface area contributed by atoms with Gasteiger partial charge in [-0.15, -0.1) is 0 Å². The van der Waals surface area contributed by atoms with Crippen molar-refractivity contribution in [3.63, 3.8) is 0 Å². The Morgan fingerprint density at radius 3 is 2.74 bits per heavy atom. The first-order chi connectivity index (χ1) is 9.38. The van der Waals surface area contributed by atoms with Gasteiger partial charge < -0.3 is 10.6 Å². The highest BCUT2D eigenvalue weighted by molar-refractivity contribution is 5.29. The summed E-state index contributed by atoms with van der Waals surface area (Å²) in [6.45, 7) is 1.69. The van der Waals surface area contributed by atoms with Crippen LogP contribution in [0.1, 0.15) is 44.2 Å². The molecule has 5 nitrogen and oxygen atoms in total. The van der Waals surface area contributed by atoms with Gasteiger partial charge >= 0.3 is 0 Å². The number of hydrogen-bond donors (Lipinski definition) is 2. The molecule has 1 aromatic rings. The molecule has 5 heteroatoms. The van der Waals surface area contributed by atoms with Crippen molar-refractivity contribution in [3.05, 3.63) is 18.0 Å². The molecule has 0 bridgehead atoms. The minimum Gasteiger partial charge on any atom is -0.353 e. The molecule has 1 heterocycles. The normalized spacial score (nSPS) is 16.6. The van der Waals surface area contributed by atoms with E-state index in [1.807, 2.05) is 6.07 Å². The van der Waals surface area contributed by atoms with Crippen molar-refractivity contribution in [1.29, 1.82) is 5.26 Å². The van der Waals surface area contributed by atoms with Crippen molar-refractivity contribution in [2.75, 3.05) is 18.4 Å². The van der Waals surface area contributed by atoms with E-state index in [0.29, 0.717) is 17.7 Å². The maximum Gasteiger partial charge on any atom is 0.223 e. The Balaban J connectivity index is 1.67. The molecule has 0 aromatic carbocycles. The third-order valence-corrected chi connectivity index (χ3v) is 3.47. The summed E-state index contributed by atoms with van der Waals surface area (Å²) in [5.74, 6) is 0.529. The first kappa shape index (κ1) is 13.8. The van der Waals surface area contributed by atoms with Crippen LogP contribution < -0.4 is 10.6 Å². The Bertz CT molecular complexity index is 418. The van der Waals surface area contributed by atoms with Crippen molar-refractivity contribution in [2.24, 2.45) is 0 Å². The van der Waals surface area contributed by atoms with Crippen LogP contribution in [0.2, 0.25) is 0 Å². The molecule has 0 aliphatic heterocycles. The lowest BCUT2D eigenvalue weighted by Crippen LogP contribution is -2.32.